The number of rotatable bonds is 3. The lowest BCUT2D eigenvalue weighted by Crippen LogP contribution is -2.02. The van der Waals surface area contributed by atoms with Crippen LogP contribution in [0.15, 0.2) is 0 Å². The smallest absolute Gasteiger partial charge is 0.0553 e. The van der Waals surface area contributed by atoms with Gasteiger partial charge in [-0.1, -0.05) is 0 Å². The zero-order valence-electron chi connectivity index (χ0n) is 7.32. The first-order valence-corrected chi connectivity index (χ1v) is 3.67. The van der Waals surface area contributed by atoms with Crippen LogP contribution in [0.25, 0.3) is 0 Å². The van der Waals surface area contributed by atoms with Crippen molar-refractivity contribution in [1.29, 1.82) is 0 Å². The summed E-state index contributed by atoms with van der Waals surface area (Å²) >= 11 is 0. The molecule has 0 saturated heterocycles. The third-order valence-corrected chi connectivity index (χ3v) is 0.387. The number of aliphatic hydroxyl groups excluding tert-OH is 3. The van der Waals surface area contributed by atoms with Gasteiger partial charge < -0.3 is 32.5 Å². The minimum Gasteiger partial charge on any atom is -0.395 e. The van der Waals surface area contributed by atoms with Crippen molar-refractivity contribution in [1.82, 2.24) is 0 Å². The first-order chi connectivity index (χ1) is 5.74. The molecule has 0 spiro atoms. The molecule has 0 aliphatic carbocycles. The molecule has 0 aliphatic heterocycles. The summed E-state index contributed by atoms with van der Waals surface area (Å²) in [6, 6.07) is 0. The fraction of sp³-hybridized carbons (Fsp3) is 1.00. The molecule has 0 aliphatic rings. The van der Waals surface area contributed by atoms with Crippen LogP contribution in [0.3, 0.4) is 0 Å². The fourth-order valence-electron chi connectivity index (χ4n) is 0. The van der Waals surface area contributed by atoms with Gasteiger partial charge in [-0.3, -0.25) is 0 Å². The molecule has 12 heavy (non-hydrogen) atoms. The Morgan fingerprint density at radius 1 is 0.583 bits per heavy atom. The highest BCUT2D eigenvalue weighted by Crippen LogP contribution is 1.33. The Bertz CT molecular complexity index is 33.5. The van der Waals surface area contributed by atoms with Gasteiger partial charge in [-0.15, -0.1) is 0 Å². The van der Waals surface area contributed by atoms with E-state index in [1.807, 2.05) is 0 Å². The molecular formula is C6H21N3O3. The standard InChI is InChI=1S/3C2H7NO/c3*3-1-2-4/h3*4H,1-3H2. The van der Waals surface area contributed by atoms with E-state index in [1.165, 1.54) is 0 Å². The van der Waals surface area contributed by atoms with Gasteiger partial charge in [0.25, 0.3) is 0 Å². The summed E-state index contributed by atoms with van der Waals surface area (Å²) in [7, 11) is 0. The van der Waals surface area contributed by atoms with Crippen LogP contribution in [0, 0.1) is 0 Å². The van der Waals surface area contributed by atoms with Crippen LogP contribution in [0.5, 0.6) is 0 Å². The van der Waals surface area contributed by atoms with Crippen molar-refractivity contribution >= 4 is 0 Å². The molecule has 0 bridgehead atoms. The second kappa shape index (κ2) is 30.9. The third kappa shape index (κ3) is 98.3. The van der Waals surface area contributed by atoms with Crippen LogP contribution in [0.1, 0.15) is 0 Å². The van der Waals surface area contributed by atoms with Gasteiger partial charge in [0, 0.05) is 19.6 Å². The first-order valence-electron chi connectivity index (χ1n) is 3.67. The SMILES string of the molecule is NCCO.NCCO.NCCO. The molecule has 0 atom stereocenters. The van der Waals surface area contributed by atoms with E-state index in [9.17, 15) is 0 Å². The van der Waals surface area contributed by atoms with Crippen molar-refractivity contribution in [3.63, 3.8) is 0 Å². The molecule has 0 saturated carbocycles. The summed E-state index contributed by atoms with van der Waals surface area (Å²) in [5, 5.41) is 23.2. The molecule has 0 rings (SSSR count). The normalized spacial score (nSPS) is 7.50. The highest BCUT2D eigenvalue weighted by molar-refractivity contribution is 4.18. The second-order valence-electron chi connectivity index (χ2n) is 1.54. The zero-order chi connectivity index (χ0) is 10.2. The quantitative estimate of drug-likeness (QED) is 0.272. The zero-order valence-corrected chi connectivity index (χ0v) is 7.32. The van der Waals surface area contributed by atoms with Gasteiger partial charge in [0.05, 0.1) is 19.8 Å². The Morgan fingerprint density at radius 3 is 0.667 bits per heavy atom. The average molecular weight is 183 g/mol. The summed E-state index contributed by atoms with van der Waals surface area (Å²) in [6.07, 6.45) is 0. The Labute approximate surface area is 73.0 Å². The van der Waals surface area contributed by atoms with Crippen molar-refractivity contribution < 1.29 is 15.3 Å². The van der Waals surface area contributed by atoms with Crippen LogP contribution in [-0.4, -0.2) is 54.8 Å². The van der Waals surface area contributed by atoms with E-state index in [1.54, 1.807) is 0 Å². The van der Waals surface area contributed by atoms with Gasteiger partial charge >= 0.3 is 0 Å². The lowest BCUT2D eigenvalue weighted by Gasteiger charge is -1.71. The molecule has 0 unspecified atom stereocenters. The summed E-state index contributed by atoms with van der Waals surface area (Å²) in [6.45, 7) is 1.42. The van der Waals surface area contributed by atoms with Gasteiger partial charge in [0.2, 0.25) is 0 Å². The van der Waals surface area contributed by atoms with Gasteiger partial charge in [0.15, 0.2) is 0 Å². The molecule has 0 aromatic rings. The van der Waals surface area contributed by atoms with Gasteiger partial charge in [-0.25, -0.2) is 0 Å². The topological polar surface area (TPSA) is 139 Å². The number of hydrogen-bond acceptors (Lipinski definition) is 6. The van der Waals surface area contributed by atoms with E-state index in [4.69, 9.17) is 32.5 Å². The van der Waals surface area contributed by atoms with Gasteiger partial charge in [0.1, 0.15) is 0 Å². The molecule has 6 nitrogen and oxygen atoms in total. The van der Waals surface area contributed by atoms with Crippen molar-refractivity contribution in [2.24, 2.45) is 17.2 Å². The number of nitrogens with two attached hydrogens (primary N) is 3. The van der Waals surface area contributed by atoms with E-state index >= 15 is 0 Å². The molecule has 9 N–H and O–H groups in total. The van der Waals surface area contributed by atoms with Crippen LogP contribution in [-0.2, 0) is 0 Å². The van der Waals surface area contributed by atoms with Crippen LogP contribution < -0.4 is 17.2 Å². The summed E-state index contributed by atoms with van der Waals surface area (Å²) < 4.78 is 0. The average Bonchev–Trinajstić information content (AvgIpc) is 2.18. The fourth-order valence-corrected chi connectivity index (χ4v) is 0. The van der Waals surface area contributed by atoms with E-state index < -0.39 is 0 Å². The Morgan fingerprint density at radius 2 is 0.667 bits per heavy atom. The van der Waals surface area contributed by atoms with Gasteiger partial charge in [-0.2, -0.15) is 0 Å². The van der Waals surface area contributed by atoms with Crippen LogP contribution >= 0.6 is 0 Å². The highest BCUT2D eigenvalue weighted by Gasteiger charge is 1.57. The molecule has 6 heteroatoms. The van der Waals surface area contributed by atoms with E-state index in [0.29, 0.717) is 19.6 Å². The van der Waals surface area contributed by atoms with Crippen LogP contribution in [0.2, 0.25) is 0 Å². The third-order valence-electron chi connectivity index (χ3n) is 0.387. The van der Waals surface area contributed by atoms with Crippen molar-refractivity contribution in [2.75, 3.05) is 39.5 Å². The Balaban J connectivity index is -0.000000101. The summed E-state index contributed by atoms with van der Waals surface area (Å²) in [5.74, 6) is 0. The largest absolute Gasteiger partial charge is 0.395 e. The predicted octanol–water partition coefficient (Wildman–Crippen LogP) is -3.19. The molecule has 0 fully saturated rings. The van der Waals surface area contributed by atoms with Crippen molar-refractivity contribution in [2.45, 2.75) is 0 Å². The molecule has 0 amide bonds. The molecule has 0 heterocycles. The van der Waals surface area contributed by atoms with Gasteiger partial charge in [-0.05, 0) is 0 Å². The van der Waals surface area contributed by atoms with Crippen molar-refractivity contribution in [3.05, 3.63) is 0 Å². The minimum atomic E-state index is 0.0972. The van der Waals surface area contributed by atoms with Crippen molar-refractivity contribution in [3.8, 4) is 0 Å². The minimum absolute atomic E-state index is 0.0972. The van der Waals surface area contributed by atoms with E-state index in [2.05, 4.69) is 0 Å². The molecule has 78 valence electrons. The predicted molar refractivity (Wildman–Crippen MR) is 48.4 cm³/mol. The first kappa shape index (κ1) is 17.7. The Hall–Kier alpha value is -0.240. The number of aliphatic hydroxyl groups is 3. The molecular weight excluding hydrogens is 162 g/mol. The van der Waals surface area contributed by atoms with E-state index in [-0.39, 0.29) is 19.8 Å². The van der Waals surface area contributed by atoms with Crippen LogP contribution in [0.4, 0.5) is 0 Å². The maximum Gasteiger partial charge on any atom is 0.0553 e. The van der Waals surface area contributed by atoms with E-state index in [0.717, 1.165) is 0 Å². The lowest BCUT2D eigenvalue weighted by atomic mass is 10.8. The molecule has 0 aromatic heterocycles. The Kier molecular flexibility index (Phi) is 45.7. The number of hydrogen-bond donors (Lipinski definition) is 6. The second-order valence-corrected chi connectivity index (χ2v) is 1.54. The molecule has 0 aromatic carbocycles. The highest BCUT2D eigenvalue weighted by atomic mass is 16.3. The maximum absolute atomic E-state index is 7.75. The monoisotopic (exact) mass is 183 g/mol. The maximum atomic E-state index is 7.75. The lowest BCUT2D eigenvalue weighted by molar-refractivity contribution is 0.306. The summed E-state index contributed by atoms with van der Waals surface area (Å²) in [5.41, 5.74) is 14.3. The molecule has 0 radical (unpaired) electrons. The summed E-state index contributed by atoms with van der Waals surface area (Å²) in [4.78, 5) is 0.